The molecule has 0 aliphatic rings. The van der Waals surface area contributed by atoms with E-state index < -0.39 is 0 Å². The van der Waals surface area contributed by atoms with Gasteiger partial charge in [0.15, 0.2) is 11.6 Å². The van der Waals surface area contributed by atoms with Gasteiger partial charge in [-0.2, -0.15) is 0 Å². The van der Waals surface area contributed by atoms with Crippen molar-refractivity contribution in [3.8, 4) is 11.3 Å². The minimum atomic E-state index is 0.159. The Labute approximate surface area is 108 Å². The summed E-state index contributed by atoms with van der Waals surface area (Å²) in [7, 11) is 0. The fourth-order valence-corrected chi connectivity index (χ4v) is 2.01. The lowest BCUT2D eigenvalue weighted by molar-refractivity contribution is 0.435. The Hall–Kier alpha value is -1.77. The molecular formula is C15H20N2O. The van der Waals surface area contributed by atoms with Crippen LogP contribution in [0.5, 0.6) is 0 Å². The number of anilines is 1. The minimum absolute atomic E-state index is 0.159. The summed E-state index contributed by atoms with van der Waals surface area (Å²) < 4.78 is 5.32. The van der Waals surface area contributed by atoms with Gasteiger partial charge in [0, 0.05) is 11.1 Å². The van der Waals surface area contributed by atoms with Gasteiger partial charge < -0.3 is 10.3 Å². The molecule has 0 amide bonds. The van der Waals surface area contributed by atoms with Gasteiger partial charge >= 0.3 is 0 Å². The average Bonchev–Trinajstić information content (AvgIpc) is 2.69. The third-order valence-corrected chi connectivity index (χ3v) is 3.19. The van der Waals surface area contributed by atoms with Crippen LogP contribution in [-0.4, -0.2) is 5.16 Å². The summed E-state index contributed by atoms with van der Waals surface area (Å²) in [5.74, 6) is 1.28. The third kappa shape index (κ3) is 2.26. The minimum Gasteiger partial charge on any atom is -0.381 e. The van der Waals surface area contributed by atoms with Crippen molar-refractivity contribution in [2.24, 2.45) is 0 Å². The van der Waals surface area contributed by atoms with Crippen LogP contribution in [0.2, 0.25) is 0 Å². The van der Waals surface area contributed by atoms with Crippen molar-refractivity contribution in [1.82, 2.24) is 5.16 Å². The molecule has 2 rings (SSSR count). The molecule has 0 aliphatic heterocycles. The van der Waals surface area contributed by atoms with Crippen molar-refractivity contribution in [1.29, 1.82) is 0 Å². The van der Waals surface area contributed by atoms with Crippen LogP contribution in [0.15, 0.2) is 28.8 Å². The molecule has 0 aliphatic carbocycles. The molecule has 3 heteroatoms. The SMILES string of the molecule is CCc1c(N)noc1-c1ccc(C(C)(C)C)cc1. The molecule has 0 saturated carbocycles. The normalized spacial score (nSPS) is 11.8. The number of benzene rings is 1. The summed E-state index contributed by atoms with van der Waals surface area (Å²) in [4.78, 5) is 0. The maximum absolute atomic E-state index is 5.78. The van der Waals surface area contributed by atoms with E-state index in [4.69, 9.17) is 10.3 Å². The van der Waals surface area contributed by atoms with Gasteiger partial charge in [-0.05, 0) is 17.4 Å². The molecule has 96 valence electrons. The van der Waals surface area contributed by atoms with Crippen molar-refractivity contribution in [2.45, 2.75) is 39.5 Å². The van der Waals surface area contributed by atoms with E-state index in [-0.39, 0.29) is 5.41 Å². The first-order valence-electron chi connectivity index (χ1n) is 6.28. The standard InChI is InChI=1S/C15H20N2O/c1-5-12-13(18-17-14(12)16)10-6-8-11(9-7-10)15(2,3)4/h6-9H,5H2,1-4H3,(H2,16,17). The smallest absolute Gasteiger partial charge is 0.172 e. The van der Waals surface area contributed by atoms with E-state index in [1.807, 2.05) is 0 Å². The number of nitrogens with two attached hydrogens (primary N) is 1. The van der Waals surface area contributed by atoms with Gasteiger partial charge in [0.1, 0.15) is 0 Å². The van der Waals surface area contributed by atoms with Crippen molar-refractivity contribution in [2.75, 3.05) is 5.73 Å². The van der Waals surface area contributed by atoms with Crippen LogP contribution in [0.3, 0.4) is 0 Å². The number of nitrogens with zero attached hydrogens (tertiary/aromatic N) is 1. The third-order valence-electron chi connectivity index (χ3n) is 3.19. The predicted molar refractivity (Wildman–Crippen MR) is 74.4 cm³/mol. The summed E-state index contributed by atoms with van der Waals surface area (Å²) in [6, 6.07) is 8.40. The molecule has 2 aromatic rings. The molecule has 1 aromatic carbocycles. The van der Waals surface area contributed by atoms with Crippen molar-refractivity contribution >= 4 is 5.82 Å². The summed E-state index contributed by atoms with van der Waals surface area (Å²) in [6.07, 6.45) is 0.825. The van der Waals surface area contributed by atoms with E-state index in [0.29, 0.717) is 5.82 Å². The molecule has 1 aromatic heterocycles. The van der Waals surface area contributed by atoms with Gasteiger partial charge in [0.25, 0.3) is 0 Å². The molecule has 0 atom stereocenters. The van der Waals surface area contributed by atoms with Gasteiger partial charge in [-0.3, -0.25) is 0 Å². The first-order chi connectivity index (χ1) is 8.43. The molecule has 1 heterocycles. The number of nitrogen functional groups attached to an aromatic ring is 1. The monoisotopic (exact) mass is 244 g/mol. The lowest BCUT2D eigenvalue weighted by Crippen LogP contribution is -2.10. The first-order valence-corrected chi connectivity index (χ1v) is 6.28. The van der Waals surface area contributed by atoms with E-state index in [9.17, 15) is 0 Å². The second-order valence-electron chi connectivity index (χ2n) is 5.56. The Kier molecular flexibility index (Phi) is 3.16. The lowest BCUT2D eigenvalue weighted by atomic mass is 9.86. The summed E-state index contributed by atoms with van der Waals surface area (Å²) in [5, 5.41) is 3.84. The van der Waals surface area contributed by atoms with E-state index in [0.717, 1.165) is 23.3 Å². The zero-order valence-corrected chi connectivity index (χ0v) is 11.4. The highest BCUT2D eigenvalue weighted by Crippen LogP contribution is 2.30. The van der Waals surface area contributed by atoms with Gasteiger partial charge in [-0.25, -0.2) is 0 Å². The number of rotatable bonds is 2. The van der Waals surface area contributed by atoms with Crippen LogP contribution in [0, 0.1) is 0 Å². The van der Waals surface area contributed by atoms with Gasteiger partial charge in [0.2, 0.25) is 0 Å². The zero-order valence-electron chi connectivity index (χ0n) is 11.4. The molecule has 0 fully saturated rings. The average molecular weight is 244 g/mol. The van der Waals surface area contributed by atoms with Gasteiger partial charge in [0.05, 0.1) is 0 Å². The molecule has 0 unspecified atom stereocenters. The van der Waals surface area contributed by atoms with E-state index in [1.54, 1.807) is 0 Å². The van der Waals surface area contributed by atoms with Crippen LogP contribution >= 0.6 is 0 Å². The topological polar surface area (TPSA) is 52.0 Å². The fourth-order valence-electron chi connectivity index (χ4n) is 2.01. The largest absolute Gasteiger partial charge is 0.381 e. The maximum atomic E-state index is 5.78. The van der Waals surface area contributed by atoms with E-state index in [1.165, 1.54) is 5.56 Å². The van der Waals surface area contributed by atoms with Crippen LogP contribution < -0.4 is 5.73 Å². The lowest BCUT2D eigenvalue weighted by Gasteiger charge is -2.18. The molecular weight excluding hydrogens is 224 g/mol. The highest BCUT2D eigenvalue weighted by molar-refractivity contribution is 5.66. The summed E-state index contributed by atoms with van der Waals surface area (Å²) in [5.41, 5.74) is 9.26. The van der Waals surface area contributed by atoms with Crippen molar-refractivity contribution < 1.29 is 4.52 Å². The molecule has 3 nitrogen and oxygen atoms in total. The Balaban J connectivity index is 2.40. The molecule has 2 N–H and O–H groups in total. The predicted octanol–water partition coefficient (Wildman–Crippen LogP) is 3.78. The summed E-state index contributed by atoms with van der Waals surface area (Å²) >= 11 is 0. The highest BCUT2D eigenvalue weighted by Gasteiger charge is 2.16. The maximum Gasteiger partial charge on any atom is 0.172 e. The Morgan fingerprint density at radius 1 is 1.17 bits per heavy atom. The molecule has 0 radical (unpaired) electrons. The number of hydrogen-bond acceptors (Lipinski definition) is 3. The van der Waals surface area contributed by atoms with Crippen LogP contribution in [0.1, 0.15) is 38.8 Å². The second-order valence-corrected chi connectivity index (χ2v) is 5.56. The van der Waals surface area contributed by atoms with E-state index >= 15 is 0 Å². The highest BCUT2D eigenvalue weighted by atomic mass is 16.5. The fraction of sp³-hybridized carbons (Fsp3) is 0.400. The number of aromatic nitrogens is 1. The van der Waals surface area contributed by atoms with Crippen LogP contribution in [0.25, 0.3) is 11.3 Å². The first kappa shape index (κ1) is 12.7. The van der Waals surface area contributed by atoms with Crippen LogP contribution in [-0.2, 0) is 11.8 Å². The summed E-state index contributed by atoms with van der Waals surface area (Å²) in [6.45, 7) is 8.65. The quantitative estimate of drug-likeness (QED) is 0.874. The van der Waals surface area contributed by atoms with E-state index in [2.05, 4.69) is 57.1 Å². The molecule has 0 bridgehead atoms. The van der Waals surface area contributed by atoms with Crippen molar-refractivity contribution in [3.05, 3.63) is 35.4 Å². The van der Waals surface area contributed by atoms with Gasteiger partial charge in [-0.15, -0.1) is 0 Å². The Morgan fingerprint density at radius 3 is 2.28 bits per heavy atom. The Bertz CT molecular complexity index is 533. The number of hydrogen-bond donors (Lipinski definition) is 1. The van der Waals surface area contributed by atoms with Crippen LogP contribution in [0.4, 0.5) is 5.82 Å². The second kappa shape index (κ2) is 4.48. The molecule has 18 heavy (non-hydrogen) atoms. The van der Waals surface area contributed by atoms with Crippen molar-refractivity contribution in [3.63, 3.8) is 0 Å². The zero-order chi connectivity index (χ0) is 13.3. The van der Waals surface area contributed by atoms with Gasteiger partial charge in [-0.1, -0.05) is 57.1 Å². The Morgan fingerprint density at radius 2 is 1.78 bits per heavy atom. The molecule has 0 spiro atoms. The molecule has 0 saturated heterocycles.